The van der Waals surface area contributed by atoms with E-state index in [4.69, 9.17) is 9.47 Å². The van der Waals surface area contributed by atoms with E-state index in [1.165, 1.54) is 12.8 Å². The van der Waals surface area contributed by atoms with Crippen LogP contribution in [0, 0.1) is 0 Å². The van der Waals surface area contributed by atoms with Crippen LogP contribution in [0.4, 0.5) is 0 Å². The molecule has 1 aliphatic rings. The van der Waals surface area contributed by atoms with Crippen LogP contribution in [0.1, 0.15) is 33.1 Å². The monoisotopic (exact) mass is 215 g/mol. The largest absolute Gasteiger partial charge is 0.464 e. The fourth-order valence-corrected chi connectivity index (χ4v) is 1.65. The second-order valence-electron chi connectivity index (χ2n) is 3.87. The molecule has 0 spiro atoms. The standard InChI is InChI=1S/C11H21NO3/c1-3-14-11(13)9(2)15-8-10-6-4-5-7-12-10/h9-10,12H,3-8H2,1-2H3. The number of piperidine rings is 1. The molecule has 0 saturated carbocycles. The number of ether oxygens (including phenoxy) is 2. The lowest BCUT2D eigenvalue weighted by Gasteiger charge is -2.24. The number of hydrogen-bond donors (Lipinski definition) is 1. The molecule has 1 aliphatic heterocycles. The second-order valence-corrected chi connectivity index (χ2v) is 3.87. The summed E-state index contributed by atoms with van der Waals surface area (Å²) in [6, 6.07) is 0.399. The van der Waals surface area contributed by atoms with Crippen LogP contribution in [-0.4, -0.2) is 37.9 Å². The molecule has 0 bridgehead atoms. The maximum Gasteiger partial charge on any atom is 0.334 e. The Hall–Kier alpha value is -0.610. The highest BCUT2D eigenvalue weighted by Gasteiger charge is 2.18. The van der Waals surface area contributed by atoms with E-state index in [1.54, 1.807) is 13.8 Å². The van der Waals surface area contributed by atoms with E-state index in [1.807, 2.05) is 0 Å². The number of carbonyl (C=O) groups excluding carboxylic acids is 1. The normalized spacial score (nSPS) is 23.5. The van der Waals surface area contributed by atoms with Crippen LogP contribution in [0.2, 0.25) is 0 Å². The second kappa shape index (κ2) is 6.80. The predicted octanol–water partition coefficient (Wildman–Crippen LogP) is 1.10. The van der Waals surface area contributed by atoms with Gasteiger partial charge < -0.3 is 14.8 Å². The van der Waals surface area contributed by atoms with Crippen molar-refractivity contribution < 1.29 is 14.3 Å². The van der Waals surface area contributed by atoms with Crippen LogP contribution in [0.25, 0.3) is 0 Å². The van der Waals surface area contributed by atoms with E-state index in [9.17, 15) is 4.79 Å². The zero-order valence-corrected chi connectivity index (χ0v) is 9.62. The van der Waals surface area contributed by atoms with Crippen molar-refractivity contribution in [2.24, 2.45) is 0 Å². The van der Waals surface area contributed by atoms with Crippen LogP contribution < -0.4 is 5.32 Å². The number of rotatable bonds is 5. The van der Waals surface area contributed by atoms with Gasteiger partial charge in [0.1, 0.15) is 0 Å². The summed E-state index contributed by atoms with van der Waals surface area (Å²) < 4.78 is 10.3. The van der Waals surface area contributed by atoms with Gasteiger partial charge in [-0.3, -0.25) is 0 Å². The van der Waals surface area contributed by atoms with Crippen LogP contribution in [0.15, 0.2) is 0 Å². The highest BCUT2D eigenvalue weighted by molar-refractivity contribution is 5.74. The van der Waals surface area contributed by atoms with Crippen molar-refractivity contribution in [1.82, 2.24) is 5.32 Å². The van der Waals surface area contributed by atoms with Gasteiger partial charge in [0.2, 0.25) is 0 Å². The van der Waals surface area contributed by atoms with Crippen LogP contribution >= 0.6 is 0 Å². The van der Waals surface area contributed by atoms with Gasteiger partial charge in [0.05, 0.1) is 13.2 Å². The van der Waals surface area contributed by atoms with Crippen LogP contribution in [0.3, 0.4) is 0 Å². The van der Waals surface area contributed by atoms with Gasteiger partial charge in [-0.2, -0.15) is 0 Å². The molecule has 0 amide bonds. The summed E-state index contributed by atoms with van der Waals surface area (Å²) in [6.07, 6.45) is 3.17. The van der Waals surface area contributed by atoms with E-state index in [-0.39, 0.29) is 5.97 Å². The molecule has 2 atom stereocenters. The van der Waals surface area contributed by atoms with Crippen molar-refractivity contribution in [3.63, 3.8) is 0 Å². The lowest BCUT2D eigenvalue weighted by atomic mass is 10.1. The van der Waals surface area contributed by atoms with Crippen molar-refractivity contribution in [3.8, 4) is 0 Å². The number of hydrogen-bond acceptors (Lipinski definition) is 4. The molecule has 1 heterocycles. The Balaban J connectivity index is 2.14. The average molecular weight is 215 g/mol. The van der Waals surface area contributed by atoms with Crippen molar-refractivity contribution >= 4 is 5.97 Å². The fourth-order valence-electron chi connectivity index (χ4n) is 1.65. The van der Waals surface area contributed by atoms with Crippen molar-refractivity contribution in [1.29, 1.82) is 0 Å². The van der Waals surface area contributed by atoms with Gasteiger partial charge in [-0.1, -0.05) is 6.42 Å². The number of carbonyl (C=O) groups is 1. The third-order valence-corrected chi connectivity index (χ3v) is 2.58. The Kier molecular flexibility index (Phi) is 5.65. The fraction of sp³-hybridized carbons (Fsp3) is 0.909. The van der Waals surface area contributed by atoms with Crippen molar-refractivity contribution in [3.05, 3.63) is 0 Å². The first-order valence-electron chi connectivity index (χ1n) is 5.75. The lowest BCUT2D eigenvalue weighted by molar-refractivity contribution is -0.155. The summed E-state index contributed by atoms with van der Waals surface area (Å²) in [6.45, 7) is 5.60. The predicted molar refractivity (Wildman–Crippen MR) is 57.7 cm³/mol. The van der Waals surface area contributed by atoms with E-state index in [2.05, 4.69) is 5.32 Å². The zero-order valence-electron chi connectivity index (χ0n) is 9.62. The Morgan fingerprint density at radius 2 is 2.33 bits per heavy atom. The molecule has 0 radical (unpaired) electrons. The summed E-state index contributed by atoms with van der Waals surface area (Å²) in [4.78, 5) is 11.2. The maximum atomic E-state index is 11.2. The van der Waals surface area contributed by atoms with E-state index >= 15 is 0 Å². The molecular weight excluding hydrogens is 194 g/mol. The molecule has 88 valence electrons. The molecule has 1 fully saturated rings. The molecule has 2 unspecified atom stereocenters. The molecule has 1 N–H and O–H groups in total. The molecule has 4 heteroatoms. The molecule has 0 aromatic rings. The minimum Gasteiger partial charge on any atom is -0.464 e. The minimum atomic E-state index is -0.450. The molecule has 1 saturated heterocycles. The molecule has 1 rings (SSSR count). The molecule has 4 nitrogen and oxygen atoms in total. The smallest absolute Gasteiger partial charge is 0.334 e. The summed E-state index contributed by atoms with van der Waals surface area (Å²) in [5, 5.41) is 3.37. The summed E-state index contributed by atoms with van der Waals surface area (Å²) in [5.74, 6) is -0.270. The Morgan fingerprint density at radius 1 is 1.53 bits per heavy atom. The van der Waals surface area contributed by atoms with Crippen molar-refractivity contribution in [2.45, 2.75) is 45.3 Å². The Labute approximate surface area is 91.3 Å². The van der Waals surface area contributed by atoms with Gasteiger partial charge in [0.25, 0.3) is 0 Å². The highest BCUT2D eigenvalue weighted by Crippen LogP contribution is 2.08. The first-order chi connectivity index (χ1) is 7.24. The summed E-state index contributed by atoms with van der Waals surface area (Å²) >= 11 is 0. The van der Waals surface area contributed by atoms with Gasteiger partial charge in [-0.05, 0) is 33.2 Å². The van der Waals surface area contributed by atoms with Gasteiger partial charge in [-0.25, -0.2) is 4.79 Å². The summed E-state index contributed by atoms with van der Waals surface area (Å²) in [7, 11) is 0. The molecular formula is C11H21NO3. The Bertz CT molecular complexity index is 190. The van der Waals surface area contributed by atoms with Gasteiger partial charge >= 0.3 is 5.97 Å². The number of nitrogens with one attached hydrogen (secondary N) is 1. The van der Waals surface area contributed by atoms with E-state index < -0.39 is 6.10 Å². The van der Waals surface area contributed by atoms with Crippen molar-refractivity contribution in [2.75, 3.05) is 19.8 Å². The Morgan fingerprint density at radius 3 is 2.93 bits per heavy atom. The highest BCUT2D eigenvalue weighted by atomic mass is 16.6. The van der Waals surface area contributed by atoms with E-state index in [0.717, 1.165) is 13.0 Å². The summed E-state index contributed by atoms with van der Waals surface area (Å²) in [5.41, 5.74) is 0. The number of esters is 1. The maximum absolute atomic E-state index is 11.2. The SMILES string of the molecule is CCOC(=O)C(C)OCC1CCCCN1. The first-order valence-corrected chi connectivity index (χ1v) is 5.75. The van der Waals surface area contributed by atoms with Gasteiger partial charge in [0.15, 0.2) is 6.10 Å². The topological polar surface area (TPSA) is 47.6 Å². The van der Waals surface area contributed by atoms with Gasteiger partial charge in [-0.15, -0.1) is 0 Å². The third kappa shape index (κ3) is 4.62. The minimum absolute atomic E-state index is 0.270. The quantitative estimate of drug-likeness (QED) is 0.698. The molecule has 0 aromatic carbocycles. The van der Waals surface area contributed by atoms with E-state index in [0.29, 0.717) is 19.3 Å². The molecule has 0 aromatic heterocycles. The molecule has 15 heavy (non-hydrogen) atoms. The molecule has 0 aliphatic carbocycles. The lowest BCUT2D eigenvalue weighted by Crippen LogP contribution is -2.39. The zero-order chi connectivity index (χ0) is 11.1. The first kappa shape index (κ1) is 12.5. The average Bonchev–Trinajstić information content (AvgIpc) is 2.27. The van der Waals surface area contributed by atoms with Crippen LogP contribution in [0.5, 0.6) is 0 Å². The van der Waals surface area contributed by atoms with Gasteiger partial charge in [0, 0.05) is 6.04 Å². The third-order valence-electron chi connectivity index (χ3n) is 2.58. The van der Waals surface area contributed by atoms with Crippen LogP contribution in [-0.2, 0) is 14.3 Å².